The summed E-state index contributed by atoms with van der Waals surface area (Å²) in [6.45, 7) is 3.45. The van der Waals surface area contributed by atoms with Gasteiger partial charge in [-0.15, -0.1) is 0 Å². The van der Waals surface area contributed by atoms with Crippen LogP contribution in [0.5, 0.6) is 5.75 Å². The minimum atomic E-state index is -3.76. The SMILES string of the molecule is Cc1cc2c(cc1S(=O)(=O)[C@H](C)CC(=O)N(C)Cc1ccccc1)OCC(=O)N2. The molecule has 0 unspecified atom stereocenters. The van der Waals surface area contributed by atoms with Gasteiger partial charge in [0, 0.05) is 26.1 Å². The summed E-state index contributed by atoms with van der Waals surface area (Å²) in [4.78, 5) is 25.7. The van der Waals surface area contributed by atoms with E-state index >= 15 is 0 Å². The van der Waals surface area contributed by atoms with E-state index in [1.165, 1.54) is 17.9 Å². The molecule has 1 aliphatic rings. The van der Waals surface area contributed by atoms with Crippen molar-refractivity contribution in [3.05, 3.63) is 53.6 Å². The van der Waals surface area contributed by atoms with E-state index < -0.39 is 15.1 Å². The third-order valence-electron chi connectivity index (χ3n) is 4.90. The summed E-state index contributed by atoms with van der Waals surface area (Å²) >= 11 is 0. The fraction of sp³-hybridized carbons (Fsp3) is 0.333. The molecule has 2 aromatic rings. The number of nitrogens with zero attached hydrogens (tertiary/aromatic N) is 1. The first kappa shape index (κ1) is 20.9. The molecule has 1 aliphatic heterocycles. The molecule has 7 nitrogen and oxygen atoms in total. The lowest BCUT2D eigenvalue weighted by Crippen LogP contribution is -2.32. The Hall–Kier alpha value is -2.87. The Morgan fingerprint density at radius 1 is 1.24 bits per heavy atom. The maximum absolute atomic E-state index is 13.1. The van der Waals surface area contributed by atoms with Gasteiger partial charge in [0.05, 0.1) is 15.8 Å². The van der Waals surface area contributed by atoms with Crippen molar-refractivity contribution in [2.24, 2.45) is 0 Å². The number of carbonyl (C=O) groups is 2. The summed E-state index contributed by atoms with van der Waals surface area (Å²) in [6, 6.07) is 12.5. The number of hydrogen-bond acceptors (Lipinski definition) is 5. The highest BCUT2D eigenvalue weighted by Gasteiger charge is 2.30. The van der Waals surface area contributed by atoms with Crippen molar-refractivity contribution in [2.45, 2.75) is 37.0 Å². The molecule has 3 rings (SSSR count). The second-order valence-electron chi connectivity index (χ2n) is 7.25. The van der Waals surface area contributed by atoms with Crippen LogP contribution in [0.4, 0.5) is 5.69 Å². The number of fused-ring (bicyclic) bond motifs is 1. The summed E-state index contributed by atoms with van der Waals surface area (Å²) in [6.07, 6.45) is -0.125. The number of carbonyl (C=O) groups excluding carboxylic acids is 2. The molecule has 0 aliphatic carbocycles. The van der Waals surface area contributed by atoms with E-state index in [0.29, 0.717) is 23.5 Å². The number of sulfone groups is 1. The van der Waals surface area contributed by atoms with Gasteiger partial charge in [0.25, 0.3) is 5.91 Å². The van der Waals surface area contributed by atoms with E-state index in [9.17, 15) is 18.0 Å². The molecule has 2 aromatic carbocycles. The summed E-state index contributed by atoms with van der Waals surface area (Å²) in [5, 5.41) is 1.76. The molecular weight excluding hydrogens is 392 g/mol. The van der Waals surface area contributed by atoms with Crippen molar-refractivity contribution in [1.82, 2.24) is 4.90 Å². The van der Waals surface area contributed by atoms with Crippen LogP contribution in [0.1, 0.15) is 24.5 Å². The highest BCUT2D eigenvalue weighted by Crippen LogP contribution is 2.34. The molecule has 154 valence electrons. The zero-order valence-electron chi connectivity index (χ0n) is 16.6. The van der Waals surface area contributed by atoms with Gasteiger partial charge < -0.3 is 15.0 Å². The van der Waals surface area contributed by atoms with Crippen LogP contribution in [0.25, 0.3) is 0 Å². The van der Waals surface area contributed by atoms with Gasteiger partial charge >= 0.3 is 0 Å². The lowest BCUT2D eigenvalue weighted by atomic mass is 10.2. The molecule has 2 amide bonds. The average molecular weight is 416 g/mol. The molecule has 1 heterocycles. The smallest absolute Gasteiger partial charge is 0.262 e. The summed E-state index contributed by atoms with van der Waals surface area (Å²) in [7, 11) is -2.10. The fourth-order valence-electron chi connectivity index (χ4n) is 3.20. The van der Waals surface area contributed by atoms with Crippen molar-refractivity contribution in [2.75, 3.05) is 19.0 Å². The van der Waals surface area contributed by atoms with Crippen LogP contribution in [0, 0.1) is 6.92 Å². The first-order valence-electron chi connectivity index (χ1n) is 9.27. The molecule has 0 aromatic heterocycles. The Morgan fingerprint density at radius 3 is 2.62 bits per heavy atom. The Morgan fingerprint density at radius 2 is 1.93 bits per heavy atom. The van der Waals surface area contributed by atoms with Crippen molar-refractivity contribution in [3.63, 3.8) is 0 Å². The maximum Gasteiger partial charge on any atom is 0.262 e. The Kier molecular flexibility index (Phi) is 5.93. The van der Waals surface area contributed by atoms with Gasteiger partial charge in [-0.3, -0.25) is 9.59 Å². The zero-order valence-corrected chi connectivity index (χ0v) is 17.5. The number of ether oxygens (including phenoxy) is 1. The van der Waals surface area contributed by atoms with Crippen molar-refractivity contribution < 1.29 is 22.7 Å². The third kappa shape index (κ3) is 4.59. The fourth-order valence-corrected chi connectivity index (χ4v) is 4.77. The van der Waals surface area contributed by atoms with E-state index in [0.717, 1.165) is 5.56 Å². The number of amides is 2. The van der Waals surface area contributed by atoms with Gasteiger partial charge in [-0.1, -0.05) is 30.3 Å². The Bertz CT molecular complexity index is 1030. The largest absolute Gasteiger partial charge is 0.482 e. The van der Waals surface area contributed by atoms with Gasteiger partial charge in [-0.25, -0.2) is 8.42 Å². The quantitative estimate of drug-likeness (QED) is 0.781. The molecule has 1 atom stereocenters. The molecule has 0 fully saturated rings. The minimum absolute atomic E-state index is 0.110. The molecule has 8 heteroatoms. The van der Waals surface area contributed by atoms with Crippen LogP contribution in [-0.4, -0.2) is 44.0 Å². The molecule has 0 bridgehead atoms. The van der Waals surface area contributed by atoms with Crippen LogP contribution < -0.4 is 10.1 Å². The number of benzene rings is 2. The molecule has 0 radical (unpaired) electrons. The zero-order chi connectivity index (χ0) is 21.2. The second-order valence-corrected chi connectivity index (χ2v) is 9.58. The lowest BCUT2D eigenvalue weighted by Gasteiger charge is -2.22. The summed E-state index contributed by atoms with van der Waals surface area (Å²) in [5.41, 5.74) is 1.92. The van der Waals surface area contributed by atoms with E-state index in [1.807, 2.05) is 30.3 Å². The molecule has 0 saturated carbocycles. The first-order chi connectivity index (χ1) is 13.7. The molecule has 0 saturated heterocycles. The second kappa shape index (κ2) is 8.24. The summed E-state index contributed by atoms with van der Waals surface area (Å²) in [5.74, 6) is -0.217. The molecule has 1 N–H and O–H groups in total. The van der Waals surface area contributed by atoms with E-state index in [1.54, 1.807) is 20.0 Å². The summed E-state index contributed by atoms with van der Waals surface area (Å²) < 4.78 is 31.6. The van der Waals surface area contributed by atoms with E-state index in [-0.39, 0.29) is 29.7 Å². The lowest BCUT2D eigenvalue weighted by molar-refractivity contribution is -0.130. The normalized spacial score (nSPS) is 14.4. The molecule has 29 heavy (non-hydrogen) atoms. The van der Waals surface area contributed by atoms with Gasteiger partial charge in [-0.2, -0.15) is 0 Å². The van der Waals surface area contributed by atoms with Crippen LogP contribution in [-0.2, 0) is 26.0 Å². The molecule has 0 spiro atoms. The highest BCUT2D eigenvalue weighted by molar-refractivity contribution is 7.92. The maximum atomic E-state index is 13.1. The van der Waals surface area contributed by atoms with Crippen LogP contribution in [0.3, 0.4) is 0 Å². The van der Waals surface area contributed by atoms with Crippen molar-refractivity contribution in [3.8, 4) is 5.75 Å². The minimum Gasteiger partial charge on any atom is -0.482 e. The third-order valence-corrected chi connectivity index (χ3v) is 7.18. The number of nitrogens with one attached hydrogen (secondary N) is 1. The van der Waals surface area contributed by atoms with Crippen LogP contribution >= 0.6 is 0 Å². The Balaban J connectivity index is 1.75. The van der Waals surface area contributed by atoms with Gasteiger partial charge in [0.2, 0.25) is 5.91 Å². The predicted octanol–water partition coefficient (Wildman–Crippen LogP) is 2.54. The van der Waals surface area contributed by atoms with Gasteiger partial charge in [0.15, 0.2) is 16.4 Å². The monoisotopic (exact) mass is 416 g/mol. The number of rotatable bonds is 6. The predicted molar refractivity (Wildman–Crippen MR) is 109 cm³/mol. The number of aryl methyl sites for hydroxylation is 1. The van der Waals surface area contributed by atoms with Gasteiger partial charge in [0.1, 0.15) is 5.75 Å². The van der Waals surface area contributed by atoms with Crippen LogP contribution in [0.15, 0.2) is 47.4 Å². The number of hydrogen-bond donors (Lipinski definition) is 1. The van der Waals surface area contributed by atoms with E-state index in [2.05, 4.69) is 5.32 Å². The van der Waals surface area contributed by atoms with E-state index in [4.69, 9.17) is 4.74 Å². The standard InChI is InChI=1S/C21H24N2O5S/c1-14-9-17-18(28-13-20(24)22-17)11-19(14)29(26,27)15(2)10-21(25)23(3)12-16-7-5-4-6-8-16/h4-9,11,15H,10,12-13H2,1-3H3,(H,22,24)/t15-/m1/s1. The topological polar surface area (TPSA) is 92.8 Å². The van der Waals surface area contributed by atoms with Crippen molar-refractivity contribution in [1.29, 1.82) is 0 Å². The Labute approximate surface area is 170 Å². The number of anilines is 1. The van der Waals surface area contributed by atoms with Gasteiger partial charge in [-0.05, 0) is 31.0 Å². The molecular formula is C21H24N2O5S. The highest BCUT2D eigenvalue weighted by atomic mass is 32.2. The van der Waals surface area contributed by atoms with Crippen molar-refractivity contribution >= 4 is 27.3 Å². The first-order valence-corrected chi connectivity index (χ1v) is 10.8. The average Bonchev–Trinajstić information content (AvgIpc) is 2.67. The van der Waals surface area contributed by atoms with Crippen LogP contribution in [0.2, 0.25) is 0 Å².